The molecule has 0 N–H and O–H groups in total. The number of carbonyl (C=O) groups is 2. The SMILES string of the molecule is C/C=N/C(=C\C=C(/C)C(C)=O)C(C)=O. The quantitative estimate of drug-likeness (QED) is 0.390. The van der Waals surface area contributed by atoms with Gasteiger partial charge >= 0.3 is 0 Å². The van der Waals surface area contributed by atoms with Crippen molar-refractivity contribution in [2.45, 2.75) is 27.7 Å². The zero-order chi connectivity index (χ0) is 11.1. The molecule has 0 aliphatic heterocycles. The maximum atomic E-state index is 11.0. The Labute approximate surface area is 84.2 Å². The fourth-order valence-electron chi connectivity index (χ4n) is 0.712. The summed E-state index contributed by atoms with van der Waals surface area (Å²) in [6.45, 7) is 6.36. The average molecular weight is 193 g/mol. The van der Waals surface area contributed by atoms with Crippen LogP contribution in [0.3, 0.4) is 0 Å². The molecule has 0 unspecified atom stereocenters. The summed E-state index contributed by atoms with van der Waals surface area (Å²) in [4.78, 5) is 25.8. The molecule has 0 atom stereocenters. The summed E-state index contributed by atoms with van der Waals surface area (Å²) < 4.78 is 0. The number of hydrogen-bond donors (Lipinski definition) is 0. The Morgan fingerprint density at radius 3 is 1.93 bits per heavy atom. The van der Waals surface area contributed by atoms with E-state index in [-0.39, 0.29) is 11.6 Å². The summed E-state index contributed by atoms with van der Waals surface area (Å²) in [5, 5.41) is 0. The van der Waals surface area contributed by atoms with Gasteiger partial charge in [0.1, 0.15) is 5.70 Å². The molecule has 0 spiro atoms. The van der Waals surface area contributed by atoms with Crippen LogP contribution < -0.4 is 0 Å². The fraction of sp³-hybridized carbons (Fsp3) is 0.364. The first kappa shape index (κ1) is 12.5. The molecule has 0 aromatic heterocycles. The van der Waals surface area contributed by atoms with Crippen molar-refractivity contribution in [3.8, 4) is 0 Å². The first-order chi connectivity index (χ1) is 6.49. The minimum atomic E-state index is -0.115. The van der Waals surface area contributed by atoms with Crippen molar-refractivity contribution in [2.75, 3.05) is 0 Å². The van der Waals surface area contributed by atoms with Gasteiger partial charge in [0.05, 0.1) is 0 Å². The maximum Gasteiger partial charge on any atom is 0.178 e. The molecule has 0 aliphatic carbocycles. The van der Waals surface area contributed by atoms with E-state index >= 15 is 0 Å². The van der Waals surface area contributed by atoms with Crippen LogP contribution in [0.1, 0.15) is 27.7 Å². The Morgan fingerprint density at radius 1 is 1.00 bits per heavy atom. The Hall–Kier alpha value is -1.51. The van der Waals surface area contributed by atoms with Crippen molar-refractivity contribution in [1.29, 1.82) is 0 Å². The average Bonchev–Trinajstić information content (AvgIpc) is 2.10. The Morgan fingerprint density at radius 2 is 1.57 bits per heavy atom. The third-order valence-corrected chi connectivity index (χ3v) is 1.68. The van der Waals surface area contributed by atoms with E-state index in [1.54, 1.807) is 32.2 Å². The number of hydrogen-bond acceptors (Lipinski definition) is 3. The van der Waals surface area contributed by atoms with Crippen LogP contribution in [0, 0.1) is 0 Å². The van der Waals surface area contributed by atoms with Crippen molar-refractivity contribution in [3.05, 3.63) is 23.4 Å². The predicted molar refractivity (Wildman–Crippen MR) is 57.4 cm³/mol. The van der Waals surface area contributed by atoms with Crippen molar-refractivity contribution in [3.63, 3.8) is 0 Å². The first-order valence-corrected chi connectivity index (χ1v) is 4.38. The zero-order valence-electron chi connectivity index (χ0n) is 9.00. The topological polar surface area (TPSA) is 46.5 Å². The van der Waals surface area contributed by atoms with Crippen LogP contribution in [0.2, 0.25) is 0 Å². The first-order valence-electron chi connectivity index (χ1n) is 4.38. The number of aliphatic imine (C=N–C) groups is 1. The molecule has 76 valence electrons. The van der Waals surface area contributed by atoms with E-state index in [9.17, 15) is 9.59 Å². The Bertz CT molecular complexity index is 322. The number of nitrogens with zero attached hydrogens (tertiary/aromatic N) is 1. The minimum absolute atomic E-state index is 0.00960. The van der Waals surface area contributed by atoms with Crippen LogP contribution in [0.4, 0.5) is 0 Å². The second-order valence-electron chi connectivity index (χ2n) is 2.90. The molecule has 0 saturated heterocycles. The van der Waals surface area contributed by atoms with Gasteiger partial charge in [0.25, 0.3) is 0 Å². The molecular formula is C11H15NO2. The highest BCUT2D eigenvalue weighted by Gasteiger charge is 1.99. The van der Waals surface area contributed by atoms with Gasteiger partial charge in [0, 0.05) is 13.1 Å². The molecule has 0 aliphatic rings. The standard InChI is InChI=1S/C11H15NO2/c1-5-12-11(10(4)14)7-6-8(2)9(3)13/h5-7H,1-4H3/b8-6+,11-7-,12-5+. The van der Waals surface area contributed by atoms with Crippen molar-refractivity contribution in [2.24, 2.45) is 4.99 Å². The van der Waals surface area contributed by atoms with E-state index in [2.05, 4.69) is 4.99 Å². The predicted octanol–water partition coefficient (Wildman–Crippen LogP) is 2.09. The van der Waals surface area contributed by atoms with Gasteiger partial charge in [0.2, 0.25) is 0 Å². The zero-order valence-corrected chi connectivity index (χ0v) is 9.00. The molecule has 0 amide bonds. The van der Waals surface area contributed by atoms with E-state index in [4.69, 9.17) is 0 Å². The summed E-state index contributed by atoms with van der Waals surface area (Å²) in [5.41, 5.74) is 0.961. The Kier molecular flexibility index (Phi) is 5.37. The maximum absolute atomic E-state index is 11.0. The molecule has 0 aromatic carbocycles. The molecule has 0 rings (SSSR count). The molecule has 3 nitrogen and oxygen atoms in total. The molecule has 0 bridgehead atoms. The van der Waals surface area contributed by atoms with Crippen LogP contribution in [-0.2, 0) is 9.59 Å². The van der Waals surface area contributed by atoms with Crippen molar-refractivity contribution < 1.29 is 9.59 Å². The Balaban J connectivity index is 4.85. The molecule has 0 aromatic rings. The van der Waals surface area contributed by atoms with E-state index < -0.39 is 0 Å². The van der Waals surface area contributed by atoms with Crippen molar-refractivity contribution in [1.82, 2.24) is 0 Å². The van der Waals surface area contributed by atoms with Gasteiger partial charge in [-0.3, -0.25) is 14.6 Å². The lowest BCUT2D eigenvalue weighted by atomic mass is 10.2. The normalized spacial score (nSPS) is 13.4. The second kappa shape index (κ2) is 6.02. The van der Waals surface area contributed by atoms with Crippen molar-refractivity contribution >= 4 is 17.8 Å². The lowest BCUT2D eigenvalue weighted by Gasteiger charge is -1.94. The molecule has 0 heterocycles. The summed E-state index contributed by atoms with van der Waals surface area (Å²) in [6, 6.07) is 0. The van der Waals surface area contributed by atoms with E-state index in [1.165, 1.54) is 13.8 Å². The lowest BCUT2D eigenvalue weighted by molar-refractivity contribution is -0.114. The van der Waals surface area contributed by atoms with Gasteiger partial charge in [-0.05, 0) is 32.4 Å². The minimum Gasteiger partial charge on any atom is -0.295 e. The third-order valence-electron chi connectivity index (χ3n) is 1.68. The number of rotatable bonds is 4. The highest BCUT2D eigenvalue weighted by Crippen LogP contribution is 2.01. The molecule has 0 saturated carbocycles. The van der Waals surface area contributed by atoms with Gasteiger partial charge in [-0.1, -0.05) is 6.08 Å². The van der Waals surface area contributed by atoms with Crippen LogP contribution >= 0.6 is 0 Å². The van der Waals surface area contributed by atoms with Gasteiger partial charge < -0.3 is 0 Å². The highest BCUT2D eigenvalue weighted by atomic mass is 16.1. The summed E-state index contributed by atoms with van der Waals surface area (Å²) in [5.74, 6) is -0.125. The van der Waals surface area contributed by atoms with E-state index in [1.807, 2.05) is 0 Å². The van der Waals surface area contributed by atoms with E-state index in [0.717, 1.165) is 0 Å². The summed E-state index contributed by atoms with van der Waals surface area (Å²) in [7, 11) is 0. The van der Waals surface area contributed by atoms with Gasteiger partial charge in [0.15, 0.2) is 11.6 Å². The van der Waals surface area contributed by atoms with Gasteiger partial charge in [-0.2, -0.15) is 0 Å². The van der Waals surface area contributed by atoms with Crippen LogP contribution in [0.5, 0.6) is 0 Å². The van der Waals surface area contributed by atoms with Gasteiger partial charge in [-0.15, -0.1) is 0 Å². The number of Topliss-reactive ketones (excluding diaryl/α,β-unsaturated/α-hetero) is 2. The number of allylic oxidation sites excluding steroid dienone is 4. The third kappa shape index (κ3) is 4.50. The van der Waals surface area contributed by atoms with Gasteiger partial charge in [-0.25, -0.2) is 0 Å². The number of ketones is 2. The monoisotopic (exact) mass is 193 g/mol. The molecule has 0 radical (unpaired) electrons. The van der Waals surface area contributed by atoms with E-state index in [0.29, 0.717) is 11.3 Å². The molecule has 3 heteroatoms. The van der Waals surface area contributed by atoms with Crippen LogP contribution in [-0.4, -0.2) is 17.8 Å². The molecular weight excluding hydrogens is 178 g/mol. The summed E-state index contributed by atoms with van der Waals surface area (Å²) >= 11 is 0. The smallest absolute Gasteiger partial charge is 0.178 e. The fourth-order valence-corrected chi connectivity index (χ4v) is 0.712. The highest BCUT2D eigenvalue weighted by molar-refractivity contribution is 5.96. The van der Waals surface area contributed by atoms with Crippen LogP contribution in [0.15, 0.2) is 28.4 Å². The number of carbonyl (C=O) groups excluding carboxylic acids is 2. The summed E-state index contributed by atoms with van der Waals surface area (Å²) in [6.07, 6.45) is 4.70. The second-order valence-corrected chi connectivity index (χ2v) is 2.90. The largest absolute Gasteiger partial charge is 0.295 e. The molecule has 0 fully saturated rings. The molecule has 14 heavy (non-hydrogen) atoms. The lowest BCUT2D eigenvalue weighted by Crippen LogP contribution is -1.94. The van der Waals surface area contributed by atoms with Crippen LogP contribution in [0.25, 0.3) is 0 Å².